The minimum Gasteiger partial charge on any atom is -0.481 e. The number of para-hydroxylation sites is 1. The van der Waals surface area contributed by atoms with Crippen molar-refractivity contribution < 1.29 is 9.90 Å². The van der Waals surface area contributed by atoms with Crippen molar-refractivity contribution in [2.24, 2.45) is 5.92 Å². The average Bonchev–Trinajstić information content (AvgIpc) is 2.39. The van der Waals surface area contributed by atoms with Gasteiger partial charge in [-0.2, -0.15) is 0 Å². The van der Waals surface area contributed by atoms with E-state index in [4.69, 9.17) is 5.11 Å². The Morgan fingerprint density at radius 1 is 1.56 bits per heavy atom. The standard InChI is InChI=1S/C13H17NO2/c1-9-3-2-4-11-7-10(8-12(15)16)5-6-14-13(9)11/h2-4,10,14H,5-8H2,1H3,(H,15,16). The Morgan fingerprint density at radius 3 is 3.12 bits per heavy atom. The number of benzene rings is 1. The summed E-state index contributed by atoms with van der Waals surface area (Å²) in [6.45, 7) is 2.96. The van der Waals surface area contributed by atoms with Gasteiger partial charge in [0.05, 0.1) is 0 Å². The number of hydrogen-bond acceptors (Lipinski definition) is 2. The zero-order valence-electron chi connectivity index (χ0n) is 9.49. The molecule has 2 rings (SSSR count). The minimum absolute atomic E-state index is 0.257. The van der Waals surface area contributed by atoms with E-state index in [2.05, 4.69) is 24.4 Å². The second-order valence-electron chi connectivity index (χ2n) is 4.49. The molecule has 1 aromatic carbocycles. The van der Waals surface area contributed by atoms with Crippen LogP contribution in [0.2, 0.25) is 0 Å². The van der Waals surface area contributed by atoms with Gasteiger partial charge in [-0.05, 0) is 36.8 Å². The Kier molecular flexibility index (Phi) is 3.13. The summed E-state index contributed by atoms with van der Waals surface area (Å²) in [6, 6.07) is 6.22. The molecule has 1 atom stereocenters. The van der Waals surface area contributed by atoms with E-state index >= 15 is 0 Å². The Balaban J connectivity index is 2.21. The van der Waals surface area contributed by atoms with E-state index in [-0.39, 0.29) is 12.3 Å². The molecule has 3 nitrogen and oxygen atoms in total. The summed E-state index contributed by atoms with van der Waals surface area (Å²) in [6.07, 6.45) is 2.08. The molecule has 0 bridgehead atoms. The molecule has 1 unspecified atom stereocenters. The summed E-state index contributed by atoms with van der Waals surface area (Å²) in [7, 11) is 0. The third kappa shape index (κ3) is 2.35. The number of anilines is 1. The zero-order valence-corrected chi connectivity index (χ0v) is 9.49. The fourth-order valence-corrected chi connectivity index (χ4v) is 2.39. The van der Waals surface area contributed by atoms with Gasteiger partial charge < -0.3 is 10.4 Å². The van der Waals surface area contributed by atoms with Gasteiger partial charge in [-0.25, -0.2) is 0 Å². The van der Waals surface area contributed by atoms with Gasteiger partial charge in [-0.1, -0.05) is 18.2 Å². The van der Waals surface area contributed by atoms with Crippen LogP contribution in [-0.4, -0.2) is 17.6 Å². The molecule has 1 heterocycles. The zero-order chi connectivity index (χ0) is 11.5. The van der Waals surface area contributed by atoms with Crippen molar-refractivity contribution in [3.63, 3.8) is 0 Å². The maximum atomic E-state index is 10.7. The summed E-state index contributed by atoms with van der Waals surface area (Å²) in [5.41, 5.74) is 3.70. The number of rotatable bonds is 2. The van der Waals surface area contributed by atoms with Gasteiger partial charge in [0, 0.05) is 18.7 Å². The molecule has 0 spiro atoms. The van der Waals surface area contributed by atoms with Gasteiger partial charge in [0.1, 0.15) is 0 Å². The molecular formula is C13H17NO2. The molecule has 16 heavy (non-hydrogen) atoms. The monoisotopic (exact) mass is 219 g/mol. The van der Waals surface area contributed by atoms with Crippen molar-refractivity contribution in [1.29, 1.82) is 0 Å². The van der Waals surface area contributed by atoms with E-state index in [0.717, 1.165) is 19.4 Å². The Morgan fingerprint density at radius 2 is 2.38 bits per heavy atom. The van der Waals surface area contributed by atoms with E-state index < -0.39 is 5.97 Å². The molecule has 0 aliphatic carbocycles. The predicted octanol–water partition coefficient (Wildman–Crippen LogP) is 2.44. The Labute approximate surface area is 95.5 Å². The smallest absolute Gasteiger partial charge is 0.303 e. The predicted molar refractivity (Wildman–Crippen MR) is 63.7 cm³/mol. The second-order valence-corrected chi connectivity index (χ2v) is 4.49. The maximum Gasteiger partial charge on any atom is 0.303 e. The van der Waals surface area contributed by atoms with Crippen molar-refractivity contribution in [3.8, 4) is 0 Å². The minimum atomic E-state index is -0.693. The fraction of sp³-hybridized carbons (Fsp3) is 0.462. The highest BCUT2D eigenvalue weighted by Gasteiger charge is 2.19. The van der Waals surface area contributed by atoms with Gasteiger partial charge in [0.15, 0.2) is 0 Å². The number of nitrogens with one attached hydrogen (secondary N) is 1. The van der Waals surface area contributed by atoms with Crippen LogP contribution >= 0.6 is 0 Å². The highest BCUT2D eigenvalue weighted by Crippen LogP contribution is 2.28. The molecular weight excluding hydrogens is 202 g/mol. The van der Waals surface area contributed by atoms with Crippen LogP contribution in [0, 0.1) is 12.8 Å². The molecule has 0 radical (unpaired) electrons. The van der Waals surface area contributed by atoms with E-state index in [1.807, 2.05) is 6.07 Å². The largest absolute Gasteiger partial charge is 0.481 e. The molecule has 1 aliphatic heterocycles. The summed E-state index contributed by atoms with van der Waals surface area (Å²) < 4.78 is 0. The number of hydrogen-bond donors (Lipinski definition) is 2. The highest BCUT2D eigenvalue weighted by atomic mass is 16.4. The first-order valence-corrected chi connectivity index (χ1v) is 5.71. The van der Waals surface area contributed by atoms with Crippen LogP contribution in [0.3, 0.4) is 0 Å². The summed E-state index contributed by atoms with van der Waals surface area (Å²) in [4.78, 5) is 10.7. The molecule has 0 fully saturated rings. The van der Waals surface area contributed by atoms with Crippen molar-refractivity contribution in [2.45, 2.75) is 26.2 Å². The van der Waals surface area contributed by atoms with E-state index in [9.17, 15) is 4.79 Å². The van der Waals surface area contributed by atoms with Crippen LogP contribution in [-0.2, 0) is 11.2 Å². The summed E-state index contributed by atoms with van der Waals surface area (Å²) in [5.74, 6) is -0.436. The second kappa shape index (κ2) is 4.56. The lowest BCUT2D eigenvalue weighted by Crippen LogP contribution is -2.11. The van der Waals surface area contributed by atoms with Crippen LogP contribution < -0.4 is 5.32 Å². The molecule has 86 valence electrons. The van der Waals surface area contributed by atoms with Gasteiger partial charge >= 0.3 is 5.97 Å². The number of carbonyl (C=O) groups is 1. The Hall–Kier alpha value is -1.51. The molecule has 0 saturated heterocycles. The number of fused-ring (bicyclic) bond motifs is 1. The molecule has 0 saturated carbocycles. The van der Waals surface area contributed by atoms with Crippen molar-refractivity contribution >= 4 is 11.7 Å². The van der Waals surface area contributed by atoms with E-state index in [1.54, 1.807) is 0 Å². The quantitative estimate of drug-likeness (QED) is 0.803. The Bertz CT molecular complexity index is 401. The van der Waals surface area contributed by atoms with Crippen LogP contribution in [0.25, 0.3) is 0 Å². The van der Waals surface area contributed by atoms with Crippen LogP contribution in [0.1, 0.15) is 24.0 Å². The number of carboxylic acids is 1. The SMILES string of the molecule is Cc1cccc2c1NCCC(CC(=O)O)C2. The molecule has 0 amide bonds. The van der Waals surface area contributed by atoms with Crippen LogP contribution in [0.15, 0.2) is 18.2 Å². The van der Waals surface area contributed by atoms with Crippen molar-refractivity contribution in [1.82, 2.24) is 0 Å². The number of aliphatic carboxylic acids is 1. The van der Waals surface area contributed by atoms with Crippen molar-refractivity contribution in [2.75, 3.05) is 11.9 Å². The van der Waals surface area contributed by atoms with Gasteiger partial charge in [-0.3, -0.25) is 4.79 Å². The topological polar surface area (TPSA) is 49.3 Å². The van der Waals surface area contributed by atoms with Gasteiger partial charge in [0.2, 0.25) is 0 Å². The first-order chi connectivity index (χ1) is 7.66. The van der Waals surface area contributed by atoms with Crippen LogP contribution in [0.4, 0.5) is 5.69 Å². The van der Waals surface area contributed by atoms with E-state index in [1.165, 1.54) is 16.8 Å². The average molecular weight is 219 g/mol. The van der Waals surface area contributed by atoms with E-state index in [0.29, 0.717) is 0 Å². The number of aryl methyl sites for hydroxylation is 1. The lowest BCUT2D eigenvalue weighted by atomic mass is 9.93. The molecule has 1 aromatic rings. The summed E-state index contributed by atoms with van der Waals surface area (Å²) >= 11 is 0. The molecule has 1 aliphatic rings. The fourth-order valence-electron chi connectivity index (χ4n) is 2.39. The van der Waals surface area contributed by atoms with Gasteiger partial charge in [-0.15, -0.1) is 0 Å². The van der Waals surface area contributed by atoms with Crippen LogP contribution in [0.5, 0.6) is 0 Å². The highest BCUT2D eigenvalue weighted by molar-refractivity contribution is 5.67. The van der Waals surface area contributed by atoms with Crippen molar-refractivity contribution in [3.05, 3.63) is 29.3 Å². The third-order valence-corrected chi connectivity index (χ3v) is 3.19. The first kappa shape index (κ1) is 11.0. The normalized spacial score (nSPS) is 19.4. The summed E-state index contributed by atoms with van der Waals surface area (Å²) in [5, 5.41) is 12.2. The molecule has 2 N–H and O–H groups in total. The molecule has 3 heteroatoms. The maximum absolute atomic E-state index is 10.7. The third-order valence-electron chi connectivity index (χ3n) is 3.19. The first-order valence-electron chi connectivity index (χ1n) is 5.71. The number of carboxylic acid groups (broad SMARTS) is 1. The molecule has 0 aromatic heterocycles. The lowest BCUT2D eigenvalue weighted by molar-refractivity contribution is -0.138. The van der Waals surface area contributed by atoms with Gasteiger partial charge in [0.25, 0.3) is 0 Å². The lowest BCUT2D eigenvalue weighted by Gasteiger charge is -2.12.